The lowest BCUT2D eigenvalue weighted by Gasteiger charge is -2.30. The van der Waals surface area contributed by atoms with Crippen molar-refractivity contribution in [2.75, 3.05) is 6.61 Å². The topological polar surface area (TPSA) is 96.9 Å². The maximum atomic E-state index is 12.2. The summed E-state index contributed by atoms with van der Waals surface area (Å²) >= 11 is 0. The van der Waals surface area contributed by atoms with E-state index in [9.17, 15) is 14.7 Å². The van der Waals surface area contributed by atoms with Crippen molar-refractivity contribution in [3.8, 4) is 0 Å². The Balaban J connectivity index is 2.98. The lowest BCUT2D eigenvalue weighted by molar-refractivity contribution is 0.0399. The molecule has 0 radical (unpaired) electrons. The van der Waals surface area contributed by atoms with E-state index in [1.807, 2.05) is 6.07 Å². The van der Waals surface area contributed by atoms with Crippen LogP contribution >= 0.6 is 0 Å². The second-order valence-electron chi connectivity index (χ2n) is 7.97. The fourth-order valence-corrected chi connectivity index (χ4v) is 2.20. The van der Waals surface area contributed by atoms with Crippen LogP contribution in [0.4, 0.5) is 9.59 Å². The van der Waals surface area contributed by atoms with E-state index in [-0.39, 0.29) is 0 Å². The number of hydrogen-bond donors (Lipinski definition) is 3. The molecule has 146 valence electrons. The number of carbonyl (C=O) groups excluding carboxylic acids is 2. The summed E-state index contributed by atoms with van der Waals surface area (Å²) < 4.78 is 10.5. The van der Waals surface area contributed by atoms with Crippen molar-refractivity contribution in [3.05, 3.63) is 35.9 Å². The first kappa shape index (κ1) is 21.8. The monoisotopic (exact) mass is 366 g/mol. The molecule has 26 heavy (non-hydrogen) atoms. The first-order chi connectivity index (χ1) is 11.9. The Bertz CT molecular complexity index is 590. The average molecular weight is 366 g/mol. The fraction of sp³-hybridized carbons (Fsp3) is 0.579. The number of benzene rings is 1. The van der Waals surface area contributed by atoms with Crippen molar-refractivity contribution >= 4 is 12.2 Å². The standard InChI is InChI=1S/C19H30N2O5/c1-18(2,3)25-16(23)20-14(12-22)15(13-10-8-7-9-11-13)21-17(24)26-19(4,5)6/h7-11,14-15,22H,12H2,1-6H3,(H,20,23)(H,21,24)/t14-,15+/m0/s1. The highest BCUT2D eigenvalue weighted by Gasteiger charge is 2.29. The van der Waals surface area contributed by atoms with Crippen LogP contribution in [0.5, 0.6) is 0 Å². The number of aliphatic hydroxyl groups is 1. The van der Waals surface area contributed by atoms with Gasteiger partial charge < -0.3 is 25.2 Å². The maximum Gasteiger partial charge on any atom is 0.408 e. The molecule has 1 aromatic carbocycles. The third kappa shape index (κ3) is 8.20. The molecule has 0 saturated carbocycles. The lowest BCUT2D eigenvalue weighted by atomic mass is 10.00. The van der Waals surface area contributed by atoms with Crippen LogP contribution in [0.3, 0.4) is 0 Å². The van der Waals surface area contributed by atoms with Gasteiger partial charge in [-0.2, -0.15) is 0 Å². The number of aliphatic hydroxyl groups excluding tert-OH is 1. The molecular formula is C19H30N2O5. The Hall–Kier alpha value is -2.28. The molecule has 0 aliphatic heterocycles. The Morgan fingerprint density at radius 2 is 1.38 bits per heavy atom. The van der Waals surface area contributed by atoms with Crippen LogP contribution in [0.1, 0.15) is 53.1 Å². The van der Waals surface area contributed by atoms with Gasteiger partial charge in [0.2, 0.25) is 0 Å². The van der Waals surface area contributed by atoms with E-state index in [4.69, 9.17) is 9.47 Å². The average Bonchev–Trinajstić information content (AvgIpc) is 2.48. The van der Waals surface area contributed by atoms with Crippen molar-refractivity contribution in [3.63, 3.8) is 0 Å². The highest BCUT2D eigenvalue weighted by molar-refractivity contribution is 5.70. The van der Waals surface area contributed by atoms with Gasteiger partial charge in [0.15, 0.2) is 0 Å². The Labute approximate surface area is 155 Å². The van der Waals surface area contributed by atoms with Crippen LogP contribution in [0.15, 0.2) is 30.3 Å². The SMILES string of the molecule is CC(C)(C)OC(=O)N[C@@H](CO)[C@H](NC(=O)OC(C)(C)C)c1ccccc1. The predicted octanol–water partition coefficient (Wildman–Crippen LogP) is 3.14. The van der Waals surface area contributed by atoms with Crippen LogP contribution < -0.4 is 10.6 Å². The van der Waals surface area contributed by atoms with Crippen molar-refractivity contribution in [2.45, 2.75) is 64.8 Å². The molecule has 0 spiro atoms. The largest absolute Gasteiger partial charge is 0.444 e. The second kappa shape index (κ2) is 8.89. The summed E-state index contributed by atoms with van der Waals surface area (Å²) in [6.45, 7) is 10.1. The predicted molar refractivity (Wildman–Crippen MR) is 98.8 cm³/mol. The van der Waals surface area contributed by atoms with Gasteiger partial charge in [-0.05, 0) is 47.1 Å². The molecule has 0 unspecified atom stereocenters. The summed E-state index contributed by atoms with van der Waals surface area (Å²) in [6.07, 6.45) is -1.32. The molecule has 0 bridgehead atoms. The van der Waals surface area contributed by atoms with E-state index in [1.165, 1.54) is 0 Å². The van der Waals surface area contributed by atoms with Gasteiger partial charge in [-0.1, -0.05) is 30.3 Å². The molecule has 0 saturated heterocycles. The van der Waals surface area contributed by atoms with Crippen molar-refractivity contribution in [1.82, 2.24) is 10.6 Å². The molecule has 1 rings (SSSR count). The molecule has 0 heterocycles. The summed E-state index contributed by atoms with van der Waals surface area (Å²) in [4.78, 5) is 24.3. The Morgan fingerprint density at radius 3 is 1.81 bits per heavy atom. The first-order valence-corrected chi connectivity index (χ1v) is 8.56. The number of carbonyl (C=O) groups is 2. The van der Waals surface area contributed by atoms with Gasteiger partial charge in [-0.15, -0.1) is 0 Å². The number of rotatable bonds is 5. The quantitative estimate of drug-likeness (QED) is 0.744. The molecule has 2 amide bonds. The van der Waals surface area contributed by atoms with Gasteiger partial charge in [-0.25, -0.2) is 9.59 Å². The van der Waals surface area contributed by atoms with Gasteiger partial charge in [0.1, 0.15) is 11.2 Å². The van der Waals surface area contributed by atoms with Crippen molar-refractivity contribution < 1.29 is 24.2 Å². The van der Waals surface area contributed by atoms with E-state index in [1.54, 1.807) is 65.8 Å². The minimum atomic E-state index is -0.792. The molecule has 0 fully saturated rings. The zero-order valence-electron chi connectivity index (χ0n) is 16.3. The molecular weight excluding hydrogens is 336 g/mol. The molecule has 7 nitrogen and oxygen atoms in total. The summed E-state index contributed by atoms with van der Waals surface area (Å²) in [6, 6.07) is 7.55. The van der Waals surface area contributed by atoms with E-state index < -0.39 is 42.1 Å². The van der Waals surface area contributed by atoms with Gasteiger partial charge in [0.05, 0.1) is 18.7 Å². The van der Waals surface area contributed by atoms with Crippen molar-refractivity contribution in [1.29, 1.82) is 0 Å². The molecule has 1 aromatic rings. The Morgan fingerprint density at radius 1 is 0.923 bits per heavy atom. The van der Waals surface area contributed by atoms with Crippen LogP contribution in [-0.2, 0) is 9.47 Å². The lowest BCUT2D eigenvalue weighted by Crippen LogP contribution is -2.50. The van der Waals surface area contributed by atoms with Crippen LogP contribution in [0, 0.1) is 0 Å². The van der Waals surface area contributed by atoms with E-state index >= 15 is 0 Å². The number of amides is 2. The molecule has 0 aliphatic rings. The van der Waals surface area contributed by atoms with E-state index in [0.717, 1.165) is 0 Å². The summed E-state index contributed by atoms with van der Waals surface area (Å²) in [5, 5.41) is 15.1. The van der Waals surface area contributed by atoms with E-state index in [0.29, 0.717) is 5.56 Å². The first-order valence-electron chi connectivity index (χ1n) is 8.56. The van der Waals surface area contributed by atoms with Gasteiger partial charge >= 0.3 is 12.2 Å². The molecule has 0 aliphatic carbocycles. The number of hydrogen-bond acceptors (Lipinski definition) is 5. The Kier molecular flexibility index (Phi) is 7.44. The maximum absolute atomic E-state index is 12.2. The van der Waals surface area contributed by atoms with Gasteiger partial charge in [-0.3, -0.25) is 0 Å². The number of nitrogens with one attached hydrogen (secondary N) is 2. The van der Waals surface area contributed by atoms with Gasteiger partial charge in [0, 0.05) is 0 Å². The summed E-state index contributed by atoms with van der Waals surface area (Å²) in [7, 11) is 0. The summed E-state index contributed by atoms with van der Waals surface area (Å²) in [5.41, 5.74) is -0.628. The minimum absolute atomic E-state index is 0.394. The zero-order chi connectivity index (χ0) is 20.0. The highest BCUT2D eigenvalue weighted by Crippen LogP contribution is 2.19. The van der Waals surface area contributed by atoms with Crippen LogP contribution in [0.25, 0.3) is 0 Å². The smallest absolute Gasteiger partial charge is 0.408 e. The third-order valence-electron chi connectivity index (χ3n) is 3.13. The van der Waals surface area contributed by atoms with Crippen LogP contribution in [-0.4, -0.2) is 41.1 Å². The highest BCUT2D eigenvalue weighted by atomic mass is 16.6. The minimum Gasteiger partial charge on any atom is -0.444 e. The normalized spacial score (nSPS) is 14.1. The third-order valence-corrected chi connectivity index (χ3v) is 3.13. The van der Waals surface area contributed by atoms with Crippen LogP contribution in [0.2, 0.25) is 0 Å². The molecule has 0 aromatic heterocycles. The summed E-state index contributed by atoms with van der Waals surface area (Å²) in [5.74, 6) is 0. The fourth-order valence-electron chi connectivity index (χ4n) is 2.20. The van der Waals surface area contributed by atoms with Gasteiger partial charge in [0.25, 0.3) is 0 Å². The number of alkyl carbamates (subject to hydrolysis) is 2. The van der Waals surface area contributed by atoms with E-state index in [2.05, 4.69) is 10.6 Å². The molecule has 3 N–H and O–H groups in total. The second-order valence-corrected chi connectivity index (χ2v) is 7.97. The zero-order valence-corrected chi connectivity index (χ0v) is 16.3. The van der Waals surface area contributed by atoms with Crippen molar-refractivity contribution in [2.24, 2.45) is 0 Å². The molecule has 7 heteroatoms. The number of ether oxygens (including phenoxy) is 2. The molecule has 2 atom stereocenters.